The maximum absolute atomic E-state index is 13.8. The topological polar surface area (TPSA) is 86.8 Å². The maximum atomic E-state index is 13.8. The average molecular weight is 584 g/mol. The molecular formula is C31H38ClN3O4S. The molecule has 214 valence electrons. The lowest BCUT2D eigenvalue weighted by atomic mass is 10.0. The molecular weight excluding hydrogens is 546 g/mol. The average Bonchev–Trinajstić information content (AvgIpc) is 2.88. The van der Waals surface area contributed by atoms with Crippen molar-refractivity contribution in [3.8, 4) is 0 Å². The fraction of sp³-hybridized carbons (Fsp3) is 0.355. The van der Waals surface area contributed by atoms with E-state index in [1.165, 1.54) is 10.6 Å². The fourth-order valence-corrected chi connectivity index (χ4v) is 5.94. The van der Waals surface area contributed by atoms with Crippen LogP contribution in [-0.2, 0) is 32.6 Å². The first-order chi connectivity index (χ1) is 19.0. The second-order valence-corrected chi connectivity index (χ2v) is 12.4. The molecule has 9 heteroatoms. The van der Waals surface area contributed by atoms with Gasteiger partial charge in [0.25, 0.3) is 0 Å². The van der Waals surface area contributed by atoms with Crippen LogP contribution in [0, 0.1) is 13.8 Å². The third kappa shape index (κ3) is 9.10. The highest BCUT2D eigenvalue weighted by molar-refractivity contribution is 7.92. The molecule has 0 spiro atoms. The van der Waals surface area contributed by atoms with Crippen LogP contribution in [0.15, 0.2) is 72.8 Å². The van der Waals surface area contributed by atoms with Crippen molar-refractivity contribution in [2.75, 3.05) is 23.7 Å². The quantitative estimate of drug-likeness (QED) is 0.297. The third-order valence-electron chi connectivity index (χ3n) is 6.51. The predicted octanol–water partition coefficient (Wildman–Crippen LogP) is 5.28. The van der Waals surface area contributed by atoms with Crippen LogP contribution in [0.2, 0.25) is 5.02 Å². The van der Waals surface area contributed by atoms with Crippen LogP contribution in [0.4, 0.5) is 5.69 Å². The molecule has 0 aromatic heterocycles. The lowest BCUT2D eigenvalue weighted by Gasteiger charge is -2.32. The number of nitrogens with one attached hydrogen (secondary N) is 1. The summed E-state index contributed by atoms with van der Waals surface area (Å²) in [5, 5.41) is 3.42. The molecule has 0 radical (unpaired) electrons. The summed E-state index contributed by atoms with van der Waals surface area (Å²) in [5.41, 5.74) is 4.22. The number of sulfonamides is 1. The molecule has 1 atom stereocenters. The molecule has 3 rings (SSSR count). The Bertz CT molecular complexity index is 1390. The van der Waals surface area contributed by atoms with Gasteiger partial charge >= 0.3 is 0 Å². The van der Waals surface area contributed by atoms with E-state index in [9.17, 15) is 18.0 Å². The van der Waals surface area contributed by atoms with E-state index >= 15 is 0 Å². The van der Waals surface area contributed by atoms with Gasteiger partial charge < -0.3 is 10.2 Å². The van der Waals surface area contributed by atoms with Crippen molar-refractivity contribution in [1.82, 2.24) is 10.2 Å². The first-order valence-electron chi connectivity index (χ1n) is 13.4. The zero-order valence-electron chi connectivity index (χ0n) is 23.6. The minimum absolute atomic E-state index is 0.0715. The number of amides is 2. The highest BCUT2D eigenvalue weighted by Gasteiger charge is 2.30. The van der Waals surface area contributed by atoms with Crippen molar-refractivity contribution in [1.29, 1.82) is 0 Å². The summed E-state index contributed by atoms with van der Waals surface area (Å²) in [4.78, 5) is 28.7. The van der Waals surface area contributed by atoms with Crippen molar-refractivity contribution in [2.45, 2.75) is 52.6 Å². The molecule has 1 N–H and O–H groups in total. The van der Waals surface area contributed by atoms with Crippen molar-refractivity contribution in [2.24, 2.45) is 0 Å². The molecule has 0 aliphatic heterocycles. The molecule has 0 aliphatic rings. The van der Waals surface area contributed by atoms with Crippen LogP contribution < -0.4 is 9.62 Å². The Hall–Kier alpha value is -3.36. The van der Waals surface area contributed by atoms with Gasteiger partial charge in [-0.15, -0.1) is 0 Å². The Morgan fingerprint density at radius 2 is 1.57 bits per heavy atom. The predicted molar refractivity (Wildman–Crippen MR) is 162 cm³/mol. The SMILES string of the molecule is CCNC(=O)[C@H](Cc1ccccc1)N(Cc1cccc(Cl)c1)C(=O)CCCN(c1cc(C)cc(C)c1)S(C)(=O)=O. The number of carbonyl (C=O) groups is 2. The molecule has 0 aliphatic carbocycles. The van der Waals surface area contributed by atoms with Gasteiger partial charge in [0.15, 0.2) is 0 Å². The molecule has 0 saturated heterocycles. The van der Waals surface area contributed by atoms with Crippen LogP contribution in [0.3, 0.4) is 0 Å². The van der Waals surface area contributed by atoms with Gasteiger partial charge in [0.2, 0.25) is 21.8 Å². The Labute approximate surface area is 243 Å². The lowest BCUT2D eigenvalue weighted by Crippen LogP contribution is -2.50. The summed E-state index contributed by atoms with van der Waals surface area (Å²) in [7, 11) is -3.57. The summed E-state index contributed by atoms with van der Waals surface area (Å²) >= 11 is 6.23. The van der Waals surface area contributed by atoms with E-state index in [-0.39, 0.29) is 31.3 Å². The Morgan fingerprint density at radius 3 is 2.17 bits per heavy atom. The number of rotatable bonds is 13. The summed E-state index contributed by atoms with van der Waals surface area (Å²) in [6.07, 6.45) is 1.88. The number of aryl methyl sites for hydroxylation is 2. The second kappa shape index (κ2) is 14.3. The van der Waals surface area contributed by atoms with E-state index in [4.69, 9.17) is 11.6 Å². The van der Waals surface area contributed by atoms with Crippen molar-refractivity contribution < 1.29 is 18.0 Å². The van der Waals surface area contributed by atoms with Gasteiger partial charge in [-0.05, 0) is 73.7 Å². The number of hydrogen-bond acceptors (Lipinski definition) is 4. The number of likely N-dealkylation sites (N-methyl/N-ethyl adjacent to an activating group) is 1. The molecule has 0 fully saturated rings. The number of anilines is 1. The van der Waals surface area contributed by atoms with Gasteiger partial charge in [0, 0.05) is 37.5 Å². The van der Waals surface area contributed by atoms with Gasteiger partial charge in [-0.3, -0.25) is 13.9 Å². The molecule has 0 unspecified atom stereocenters. The molecule has 3 aromatic carbocycles. The molecule has 0 saturated carbocycles. The zero-order chi connectivity index (χ0) is 29.3. The third-order valence-corrected chi connectivity index (χ3v) is 7.94. The van der Waals surface area contributed by atoms with Crippen LogP contribution in [0.1, 0.15) is 42.0 Å². The first-order valence-corrected chi connectivity index (χ1v) is 15.6. The number of halogens is 1. The first kappa shape index (κ1) is 31.2. The minimum atomic E-state index is -3.57. The van der Waals surface area contributed by atoms with Gasteiger partial charge in [-0.1, -0.05) is 60.1 Å². The van der Waals surface area contributed by atoms with Crippen LogP contribution >= 0.6 is 11.6 Å². The number of hydrogen-bond donors (Lipinski definition) is 1. The Kier molecular flexibility index (Phi) is 11.2. The van der Waals surface area contributed by atoms with Gasteiger partial charge in [0.1, 0.15) is 6.04 Å². The highest BCUT2D eigenvalue weighted by Crippen LogP contribution is 2.23. The van der Waals surface area contributed by atoms with Crippen LogP contribution in [-0.4, -0.2) is 50.5 Å². The highest BCUT2D eigenvalue weighted by atomic mass is 35.5. The fourth-order valence-electron chi connectivity index (χ4n) is 4.78. The van der Waals surface area contributed by atoms with Crippen molar-refractivity contribution >= 4 is 39.1 Å². The van der Waals surface area contributed by atoms with E-state index in [0.29, 0.717) is 30.1 Å². The molecule has 0 heterocycles. The summed E-state index contributed by atoms with van der Waals surface area (Å²) in [5.74, 6) is -0.476. The van der Waals surface area contributed by atoms with E-state index in [0.717, 1.165) is 22.3 Å². The number of nitrogens with zero attached hydrogens (tertiary/aromatic N) is 2. The molecule has 0 bridgehead atoms. The van der Waals surface area contributed by atoms with Crippen molar-refractivity contribution in [3.63, 3.8) is 0 Å². The van der Waals surface area contributed by atoms with Crippen LogP contribution in [0.25, 0.3) is 0 Å². The van der Waals surface area contributed by atoms with Gasteiger partial charge in [0.05, 0.1) is 11.9 Å². The maximum Gasteiger partial charge on any atom is 0.243 e. The largest absolute Gasteiger partial charge is 0.355 e. The summed E-state index contributed by atoms with van der Waals surface area (Å²) in [6.45, 7) is 6.45. The second-order valence-electron chi connectivity index (χ2n) is 10.0. The molecule has 40 heavy (non-hydrogen) atoms. The Morgan fingerprint density at radius 1 is 0.925 bits per heavy atom. The minimum Gasteiger partial charge on any atom is -0.355 e. The van der Waals surface area contributed by atoms with E-state index in [1.54, 1.807) is 17.0 Å². The number of carbonyl (C=O) groups excluding carboxylic acids is 2. The summed E-state index contributed by atoms with van der Waals surface area (Å²) in [6, 6.07) is 21.7. The van der Waals surface area contributed by atoms with Crippen LogP contribution in [0.5, 0.6) is 0 Å². The van der Waals surface area contributed by atoms with Gasteiger partial charge in [-0.25, -0.2) is 8.42 Å². The van der Waals surface area contributed by atoms with E-state index in [1.807, 2.05) is 81.4 Å². The normalized spacial score (nSPS) is 12.0. The molecule has 3 aromatic rings. The van der Waals surface area contributed by atoms with E-state index < -0.39 is 16.1 Å². The standard InChI is InChI=1S/C31H38ClN3O4S/c1-5-33-31(37)29(21-25-11-7-6-8-12-25)34(22-26-13-9-14-27(32)20-26)30(36)15-10-16-35(40(4,38)39)28-18-23(2)17-24(3)19-28/h6-9,11-14,17-20,29H,5,10,15-16,21-22H2,1-4H3,(H,33,37)/t29-/m0/s1. The van der Waals surface area contributed by atoms with Crippen molar-refractivity contribution in [3.05, 3.63) is 100 Å². The monoisotopic (exact) mass is 583 g/mol. The van der Waals surface area contributed by atoms with Gasteiger partial charge in [-0.2, -0.15) is 0 Å². The lowest BCUT2D eigenvalue weighted by molar-refractivity contribution is -0.141. The summed E-state index contributed by atoms with van der Waals surface area (Å²) < 4.78 is 26.7. The zero-order valence-corrected chi connectivity index (χ0v) is 25.1. The molecule has 7 nitrogen and oxygen atoms in total. The smallest absolute Gasteiger partial charge is 0.243 e. The van der Waals surface area contributed by atoms with E-state index in [2.05, 4.69) is 5.32 Å². The molecule has 2 amide bonds. The Balaban J connectivity index is 1.87. The number of benzene rings is 3.